The average Bonchev–Trinajstić information content (AvgIpc) is 2.76. The molecule has 0 heterocycles. The molecule has 0 aliphatic carbocycles. The fraction of sp³-hybridized carbons (Fsp3) is 0.545. The van der Waals surface area contributed by atoms with Crippen LogP contribution >= 0.6 is 0 Å². The number of anilines is 1. The molecule has 0 spiro atoms. The van der Waals surface area contributed by atoms with E-state index in [1.165, 1.54) is 6.42 Å². The molecule has 4 amide bonds. The zero-order valence-electron chi connectivity index (χ0n) is 19.3. The molecule has 176 valence electrons. The van der Waals surface area contributed by atoms with Crippen LogP contribution in [0.4, 0.5) is 10.5 Å². The summed E-state index contributed by atoms with van der Waals surface area (Å²) in [5, 5.41) is 7.83. The van der Waals surface area contributed by atoms with Crippen LogP contribution in [-0.2, 0) is 25.7 Å². The molecule has 31 heavy (non-hydrogen) atoms. The second-order valence-corrected chi connectivity index (χ2v) is 6.21. The van der Waals surface area contributed by atoms with E-state index < -0.39 is 12.1 Å². The lowest BCUT2D eigenvalue weighted by molar-refractivity contribution is -0.129. The van der Waals surface area contributed by atoms with E-state index in [1.54, 1.807) is 31.2 Å². The number of ether oxygens (including phenoxy) is 1. The molecule has 0 saturated heterocycles. The molecular formula is C22H38N4O5. The molecule has 1 unspecified atom stereocenters. The largest absolute Gasteiger partial charge is 0.463 e. The Kier molecular flexibility index (Phi) is 19.6. The third-order valence-electron chi connectivity index (χ3n) is 3.48. The van der Waals surface area contributed by atoms with E-state index in [1.807, 2.05) is 13.8 Å². The van der Waals surface area contributed by atoms with Crippen LogP contribution in [0.3, 0.4) is 0 Å². The van der Waals surface area contributed by atoms with Gasteiger partial charge in [0.2, 0.25) is 11.8 Å². The number of primary amides is 1. The molecule has 0 radical (unpaired) electrons. The van der Waals surface area contributed by atoms with Gasteiger partial charge in [0.1, 0.15) is 12.6 Å². The average molecular weight is 439 g/mol. The summed E-state index contributed by atoms with van der Waals surface area (Å²) in [6.07, 6.45) is 2.34. The number of rotatable bonds is 11. The third-order valence-corrected chi connectivity index (χ3v) is 3.48. The normalized spacial score (nSPS) is 10.1. The topological polar surface area (TPSA) is 140 Å². The van der Waals surface area contributed by atoms with Crippen molar-refractivity contribution >= 4 is 30.0 Å². The van der Waals surface area contributed by atoms with Crippen molar-refractivity contribution in [1.82, 2.24) is 10.6 Å². The SMILES string of the molecule is CC.CCC.CCC(=O)NC(CCCNC(N)=O)C(=O)Nc1ccc(COC=O)cc1. The first kappa shape index (κ1) is 30.1. The van der Waals surface area contributed by atoms with Gasteiger partial charge in [-0.25, -0.2) is 4.79 Å². The van der Waals surface area contributed by atoms with Crippen molar-refractivity contribution in [3.63, 3.8) is 0 Å². The van der Waals surface area contributed by atoms with Gasteiger partial charge in [-0.2, -0.15) is 0 Å². The van der Waals surface area contributed by atoms with Gasteiger partial charge in [-0.15, -0.1) is 0 Å². The molecule has 1 aromatic carbocycles. The Balaban J connectivity index is 0. The van der Waals surface area contributed by atoms with Gasteiger partial charge in [0.05, 0.1) is 0 Å². The Hall–Kier alpha value is -3.10. The van der Waals surface area contributed by atoms with Crippen LogP contribution in [0.5, 0.6) is 0 Å². The molecule has 9 heteroatoms. The van der Waals surface area contributed by atoms with E-state index in [4.69, 9.17) is 5.73 Å². The van der Waals surface area contributed by atoms with Crippen LogP contribution in [0, 0.1) is 0 Å². The van der Waals surface area contributed by atoms with Crippen LogP contribution in [0.25, 0.3) is 0 Å². The quantitative estimate of drug-likeness (QED) is 0.310. The number of carbonyl (C=O) groups excluding carboxylic acids is 4. The molecule has 0 aromatic heterocycles. The second kappa shape index (κ2) is 20.2. The van der Waals surface area contributed by atoms with Gasteiger partial charge < -0.3 is 26.4 Å². The van der Waals surface area contributed by atoms with Gasteiger partial charge in [-0.05, 0) is 30.5 Å². The van der Waals surface area contributed by atoms with Crippen molar-refractivity contribution in [2.45, 2.75) is 73.0 Å². The lowest BCUT2D eigenvalue weighted by atomic mass is 10.1. The Bertz CT molecular complexity index is 635. The minimum atomic E-state index is -0.727. The summed E-state index contributed by atoms with van der Waals surface area (Å²) >= 11 is 0. The summed E-state index contributed by atoms with van der Waals surface area (Å²) in [5.74, 6) is -0.600. The third kappa shape index (κ3) is 16.4. The number of carbonyl (C=O) groups is 4. The number of hydrogen-bond donors (Lipinski definition) is 4. The first-order valence-electron chi connectivity index (χ1n) is 10.7. The predicted molar refractivity (Wildman–Crippen MR) is 122 cm³/mol. The monoisotopic (exact) mass is 438 g/mol. The Labute approximate surface area is 185 Å². The zero-order chi connectivity index (χ0) is 24.1. The molecule has 1 rings (SSSR count). The Morgan fingerprint density at radius 2 is 1.68 bits per heavy atom. The Morgan fingerprint density at radius 3 is 2.16 bits per heavy atom. The summed E-state index contributed by atoms with van der Waals surface area (Å²) in [4.78, 5) is 44.9. The van der Waals surface area contributed by atoms with Gasteiger partial charge >= 0.3 is 6.03 Å². The molecule has 5 N–H and O–H groups in total. The number of hydrogen-bond acceptors (Lipinski definition) is 5. The van der Waals surface area contributed by atoms with Gasteiger partial charge in [0.25, 0.3) is 6.47 Å². The minimum absolute atomic E-state index is 0.153. The van der Waals surface area contributed by atoms with Crippen molar-refractivity contribution in [2.75, 3.05) is 11.9 Å². The van der Waals surface area contributed by atoms with E-state index >= 15 is 0 Å². The number of nitrogens with two attached hydrogens (primary N) is 1. The van der Waals surface area contributed by atoms with E-state index in [0.29, 0.717) is 31.5 Å². The van der Waals surface area contributed by atoms with Crippen LogP contribution in [-0.4, -0.2) is 36.9 Å². The van der Waals surface area contributed by atoms with Gasteiger partial charge in [-0.3, -0.25) is 14.4 Å². The van der Waals surface area contributed by atoms with Crippen molar-refractivity contribution in [1.29, 1.82) is 0 Å². The highest BCUT2D eigenvalue weighted by Crippen LogP contribution is 2.11. The second-order valence-electron chi connectivity index (χ2n) is 6.21. The number of amides is 4. The molecule has 0 fully saturated rings. The van der Waals surface area contributed by atoms with Crippen molar-refractivity contribution in [3.05, 3.63) is 29.8 Å². The molecule has 0 saturated carbocycles. The number of nitrogens with one attached hydrogen (secondary N) is 3. The fourth-order valence-corrected chi connectivity index (χ4v) is 2.13. The highest BCUT2D eigenvalue weighted by atomic mass is 16.5. The standard InChI is InChI=1S/C17H24N4O5.C3H8.C2H6/c1-2-15(23)21-14(4-3-9-19-17(18)25)16(24)20-13-7-5-12(6-8-13)10-26-11-22;1-3-2;1-2/h5-8,11,14H,2-4,9-10H2,1H3,(H,20,24)(H,21,23)(H3,18,19,25);3H2,1-2H3;1-2H3. The summed E-state index contributed by atoms with van der Waals surface area (Å²) in [6, 6.07) is 5.42. The van der Waals surface area contributed by atoms with Crippen LogP contribution < -0.4 is 21.7 Å². The highest BCUT2D eigenvalue weighted by molar-refractivity contribution is 5.97. The highest BCUT2D eigenvalue weighted by Gasteiger charge is 2.20. The molecule has 0 aliphatic rings. The molecule has 0 aliphatic heterocycles. The first-order valence-corrected chi connectivity index (χ1v) is 10.7. The minimum Gasteiger partial charge on any atom is -0.463 e. The zero-order valence-corrected chi connectivity index (χ0v) is 19.3. The molecule has 1 aromatic rings. The summed E-state index contributed by atoms with van der Waals surface area (Å²) in [7, 11) is 0. The molecule has 9 nitrogen and oxygen atoms in total. The van der Waals surface area contributed by atoms with Gasteiger partial charge in [0.15, 0.2) is 0 Å². The maximum atomic E-state index is 12.4. The molecule has 0 bridgehead atoms. The molecular weight excluding hydrogens is 400 g/mol. The predicted octanol–water partition coefficient (Wildman–Crippen LogP) is 3.08. The first-order chi connectivity index (χ1) is 14.9. The van der Waals surface area contributed by atoms with E-state index in [2.05, 4.69) is 34.5 Å². The van der Waals surface area contributed by atoms with Gasteiger partial charge in [0, 0.05) is 18.7 Å². The van der Waals surface area contributed by atoms with E-state index in [-0.39, 0.29) is 24.8 Å². The van der Waals surface area contributed by atoms with Crippen LogP contribution in [0.2, 0.25) is 0 Å². The smallest absolute Gasteiger partial charge is 0.312 e. The lowest BCUT2D eigenvalue weighted by Gasteiger charge is -2.18. The van der Waals surface area contributed by atoms with Crippen molar-refractivity contribution in [3.8, 4) is 0 Å². The molecule has 1 atom stereocenters. The summed E-state index contributed by atoms with van der Waals surface area (Å²) in [6.45, 7) is 10.8. The van der Waals surface area contributed by atoms with Crippen LogP contribution in [0.1, 0.15) is 65.9 Å². The maximum Gasteiger partial charge on any atom is 0.312 e. The van der Waals surface area contributed by atoms with Crippen molar-refractivity contribution < 1.29 is 23.9 Å². The van der Waals surface area contributed by atoms with Gasteiger partial charge in [-0.1, -0.05) is 53.2 Å². The summed E-state index contributed by atoms with van der Waals surface area (Å²) < 4.78 is 4.65. The fourth-order valence-electron chi connectivity index (χ4n) is 2.13. The maximum absolute atomic E-state index is 12.4. The van der Waals surface area contributed by atoms with Crippen molar-refractivity contribution in [2.24, 2.45) is 5.73 Å². The van der Waals surface area contributed by atoms with E-state index in [9.17, 15) is 19.2 Å². The van der Waals surface area contributed by atoms with Crippen LogP contribution in [0.15, 0.2) is 24.3 Å². The van der Waals surface area contributed by atoms with E-state index in [0.717, 1.165) is 5.56 Å². The Morgan fingerprint density at radius 1 is 1.10 bits per heavy atom. The number of urea groups is 1. The summed E-state index contributed by atoms with van der Waals surface area (Å²) in [5.41, 5.74) is 6.32. The number of benzene rings is 1. The lowest BCUT2D eigenvalue weighted by Crippen LogP contribution is -2.44.